The summed E-state index contributed by atoms with van der Waals surface area (Å²) in [5, 5.41) is 9.37. The van der Waals surface area contributed by atoms with Gasteiger partial charge in [0.1, 0.15) is 0 Å². The molecule has 1 aromatic carbocycles. The van der Waals surface area contributed by atoms with Gasteiger partial charge in [0.25, 0.3) is 5.91 Å². The Labute approximate surface area is 136 Å². The van der Waals surface area contributed by atoms with Gasteiger partial charge in [0, 0.05) is 37.7 Å². The summed E-state index contributed by atoms with van der Waals surface area (Å²) in [6.45, 7) is 3.74. The predicted molar refractivity (Wildman–Crippen MR) is 90.9 cm³/mol. The van der Waals surface area contributed by atoms with Gasteiger partial charge in [0.05, 0.1) is 11.4 Å². The van der Waals surface area contributed by atoms with Crippen molar-refractivity contribution in [1.29, 1.82) is 0 Å². The van der Waals surface area contributed by atoms with Gasteiger partial charge in [-0.05, 0) is 44.5 Å². The third kappa shape index (κ3) is 3.64. The van der Waals surface area contributed by atoms with Gasteiger partial charge in [-0.1, -0.05) is 0 Å². The van der Waals surface area contributed by atoms with Crippen LogP contribution >= 0.6 is 0 Å². The molecule has 0 aliphatic carbocycles. The smallest absolute Gasteiger partial charge is 0.251 e. The lowest BCUT2D eigenvalue weighted by Gasteiger charge is -2.28. The number of piperidine rings is 1. The molecule has 2 aliphatic rings. The topological polar surface area (TPSA) is 73.5 Å². The summed E-state index contributed by atoms with van der Waals surface area (Å²) >= 11 is 0. The average molecular weight is 316 g/mol. The number of fused-ring (bicyclic) bond motifs is 1. The molecule has 1 saturated heterocycles. The van der Waals surface area contributed by atoms with Crippen molar-refractivity contribution >= 4 is 23.2 Å². The molecule has 2 unspecified atom stereocenters. The number of rotatable bonds is 2. The minimum absolute atomic E-state index is 0.0136. The molecule has 124 valence electrons. The maximum atomic E-state index is 12.5. The second-order valence-corrected chi connectivity index (χ2v) is 6.50. The van der Waals surface area contributed by atoms with E-state index in [-0.39, 0.29) is 17.9 Å². The molecule has 6 nitrogen and oxygen atoms in total. The predicted octanol–water partition coefficient (Wildman–Crippen LogP) is 1.34. The summed E-state index contributed by atoms with van der Waals surface area (Å²) in [6, 6.07) is 6.13. The summed E-state index contributed by atoms with van der Waals surface area (Å²) < 4.78 is 0. The van der Waals surface area contributed by atoms with Gasteiger partial charge in [-0.25, -0.2) is 0 Å². The van der Waals surface area contributed by atoms with E-state index in [4.69, 9.17) is 0 Å². The molecule has 3 rings (SSSR count). The fourth-order valence-corrected chi connectivity index (χ4v) is 3.24. The molecule has 2 aliphatic heterocycles. The first-order valence-electron chi connectivity index (χ1n) is 8.22. The first-order valence-corrected chi connectivity index (χ1v) is 8.22. The van der Waals surface area contributed by atoms with Gasteiger partial charge in [-0.15, -0.1) is 0 Å². The number of carbonyl (C=O) groups excluding carboxylic acids is 2. The zero-order valence-electron chi connectivity index (χ0n) is 13.7. The Kier molecular flexibility index (Phi) is 4.52. The summed E-state index contributed by atoms with van der Waals surface area (Å²) in [7, 11) is 1.95. The van der Waals surface area contributed by atoms with Crippen LogP contribution in [0.3, 0.4) is 0 Å². The number of hydrogen-bond donors (Lipinski definition) is 3. The molecule has 0 radical (unpaired) electrons. The highest BCUT2D eigenvalue weighted by Gasteiger charge is 2.22. The number of nitrogens with one attached hydrogen (secondary N) is 3. The van der Waals surface area contributed by atoms with Gasteiger partial charge < -0.3 is 20.9 Å². The SMILES string of the molecule is CC1CC(NC(=O)c2ccc3c(c2)NC(=O)CCN3C)CCN1. The molecule has 0 bridgehead atoms. The van der Waals surface area contributed by atoms with E-state index in [1.165, 1.54) is 0 Å². The maximum Gasteiger partial charge on any atom is 0.251 e. The summed E-state index contributed by atoms with van der Waals surface area (Å²) in [4.78, 5) is 26.3. The molecule has 2 amide bonds. The van der Waals surface area contributed by atoms with E-state index in [2.05, 4.69) is 22.9 Å². The van der Waals surface area contributed by atoms with E-state index in [9.17, 15) is 9.59 Å². The highest BCUT2D eigenvalue weighted by Crippen LogP contribution is 2.29. The number of anilines is 2. The van der Waals surface area contributed by atoms with Gasteiger partial charge in [0.2, 0.25) is 5.91 Å². The first-order chi connectivity index (χ1) is 11.0. The summed E-state index contributed by atoms with van der Waals surface area (Å²) in [5.74, 6) is -0.0895. The van der Waals surface area contributed by atoms with E-state index < -0.39 is 0 Å². The monoisotopic (exact) mass is 316 g/mol. The van der Waals surface area contributed by atoms with Crippen LogP contribution in [0.25, 0.3) is 0 Å². The van der Waals surface area contributed by atoms with Crippen molar-refractivity contribution in [2.45, 2.75) is 38.3 Å². The van der Waals surface area contributed by atoms with Crippen LogP contribution in [-0.4, -0.2) is 44.0 Å². The van der Waals surface area contributed by atoms with Crippen molar-refractivity contribution in [2.24, 2.45) is 0 Å². The van der Waals surface area contributed by atoms with Crippen LogP contribution in [0.4, 0.5) is 11.4 Å². The van der Waals surface area contributed by atoms with E-state index in [0.717, 1.165) is 25.1 Å². The molecular formula is C17H24N4O2. The fourth-order valence-electron chi connectivity index (χ4n) is 3.24. The third-order valence-corrected chi connectivity index (χ3v) is 4.58. The molecule has 0 spiro atoms. The van der Waals surface area contributed by atoms with Crippen molar-refractivity contribution in [1.82, 2.24) is 10.6 Å². The number of nitrogens with zero attached hydrogens (tertiary/aromatic N) is 1. The molecule has 3 N–H and O–H groups in total. The highest BCUT2D eigenvalue weighted by atomic mass is 16.2. The van der Waals surface area contributed by atoms with Gasteiger partial charge in [-0.2, -0.15) is 0 Å². The number of carbonyl (C=O) groups is 2. The first kappa shape index (κ1) is 15.8. The standard InChI is InChI=1S/C17H24N4O2/c1-11-9-13(5-7-18-11)19-17(23)12-3-4-15-14(10-12)20-16(22)6-8-21(15)2/h3-4,10-11,13,18H,5-9H2,1-2H3,(H,19,23)(H,20,22). The largest absolute Gasteiger partial charge is 0.372 e. The molecule has 2 heterocycles. The van der Waals surface area contributed by atoms with Crippen LogP contribution < -0.4 is 20.9 Å². The average Bonchev–Trinajstić information content (AvgIpc) is 2.66. The zero-order valence-corrected chi connectivity index (χ0v) is 13.7. The Morgan fingerprint density at radius 2 is 2.22 bits per heavy atom. The molecular weight excluding hydrogens is 292 g/mol. The lowest BCUT2D eigenvalue weighted by Crippen LogP contribution is -2.46. The number of hydrogen-bond acceptors (Lipinski definition) is 4. The normalized spacial score (nSPS) is 24.4. The molecule has 23 heavy (non-hydrogen) atoms. The van der Waals surface area contributed by atoms with Crippen LogP contribution in [0.1, 0.15) is 36.5 Å². The summed E-state index contributed by atoms with van der Waals surface area (Å²) in [5.41, 5.74) is 2.25. The van der Waals surface area contributed by atoms with Crippen LogP contribution in [0.5, 0.6) is 0 Å². The Balaban J connectivity index is 1.75. The van der Waals surface area contributed by atoms with E-state index in [0.29, 0.717) is 30.3 Å². The number of benzene rings is 1. The Morgan fingerprint density at radius 3 is 3.00 bits per heavy atom. The maximum absolute atomic E-state index is 12.5. The third-order valence-electron chi connectivity index (χ3n) is 4.58. The summed E-state index contributed by atoms with van der Waals surface area (Å²) in [6.07, 6.45) is 2.34. The van der Waals surface area contributed by atoms with Gasteiger partial charge in [0.15, 0.2) is 0 Å². The fraction of sp³-hybridized carbons (Fsp3) is 0.529. The lowest BCUT2D eigenvalue weighted by atomic mass is 10.00. The van der Waals surface area contributed by atoms with E-state index in [1.807, 2.05) is 24.1 Å². The minimum atomic E-state index is -0.0759. The lowest BCUT2D eigenvalue weighted by molar-refractivity contribution is -0.115. The van der Waals surface area contributed by atoms with E-state index in [1.54, 1.807) is 6.07 Å². The quantitative estimate of drug-likeness (QED) is 0.770. The second kappa shape index (κ2) is 6.58. The second-order valence-electron chi connectivity index (χ2n) is 6.50. The van der Waals surface area contributed by atoms with Crippen molar-refractivity contribution in [3.8, 4) is 0 Å². The van der Waals surface area contributed by atoms with Gasteiger partial charge >= 0.3 is 0 Å². The molecule has 2 atom stereocenters. The van der Waals surface area contributed by atoms with Crippen molar-refractivity contribution in [2.75, 3.05) is 30.4 Å². The molecule has 0 saturated carbocycles. The van der Waals surface area contributed by atoms with Crippen molar-refractivity contribution in [3.05, 3.63) is 23.8 Å². The van der Waals surface area contributed by atoms with Crippen LogP contribution in [0.2, 0.25) is 0 Å². The Morgan fingerprint density at radius 1 is 1.39 bits per heavy atom. The molecule has 6 heteroatoms. The zero-order chi connectivity index (χ0) is 16.4. The Hall–Kier alpha value is -2.08. The highest BCUT2D eigenvalue weighted by molar-refractivity contribution is 6.01. The van der Waals surface area contributed by atoms with Crippen LogP contribution in [0.15, 0.2) is 18.2 Å². The molecule has 1 fully saturated rings. The molecule has 1 aromatic rings. The molecule has 0 aromatic heterocycles. The minimum Gasteiger partial charge on any atom is -0.372 e. The van der Waals surface area contributed by atoms with E-state index >= 15 is 0 Å². The van der Waals surface area contributed by atoms with Gasteiger partial charge in [-0.3, -0.25) is 9.59 Å². The Bertz CT molecular complexity index is 617. The van der Waals surface area contributed by atoms with Crippen LogP contribution in [0, 0.1) is 0 Å². The van der Waals surface area contributed by atoms with Crippen LogP contribution in [-0.2, 0) is 4.79 Å². The number of amides is 2. The van der Waals surface area contributed by atoms with Crippen molar-refractivity contribution < 1.29 is 9.59 Å². The van der Waals surface area contributed by atoms with Crippen molar-refractivity contribution in [3.63, 3.8) is 0 Å².